The number of carbonyl (C=O) groups is 2. The van der Waals surface area contributed by atoms with Crippen LogP contribution in [0.15, 0.2) is 91.0 Å². The largest absolute Gasteiger partial charge is 0.495 e. The van der Waals surface area contributed by atoms with Gasteiger partial charge in [0.25, 0.3) is 0 Å². The second-order valence-corrected chi connectivity index (χ2v) is 10.0. The summed E-state index contributed by atoms with van der Waals surface area (Å²) < 4.78 is 5.34. The summed E-state index contributed by atoms with van der Waals surface area (Å²) in [6.45, 7) is 4.12. The molecule has 0 radical (unpaired) electrons. The van der Waals surface area contributed by atoms with E-state index in [2.05, 4.69) is 72.2 Å². The van der Waals surface area contributed by atoms with Gasteiger partial charge in [0.1, 0.15) is 5.75 Å². The van der Waals surface area contributed by atoms with E-state index in [9.17, 15) is 14.7 Å². The highest BCUT2D eigenvalue weighted by Crippen LogP contribution is 2.34. The monoisotopic (exact) mass is 559 g/mol. The number of urea groups is 1. The topological polar surface area (TPSA) is 90.9 Å². The zero-order valence-corrected chi connectivity index (χ0v) is 23.4. The van der Waals surface area contributed by atoms with Crippen molar-refractivity contribution in [1.29, 1.82) is 0 Å². The maximum absolute atomic E-state index is 13.4. The molecule has 5 rings (SSSR count). The van der Waals surface area contributed by atoms with Crippen LogP contribution in [-0.2, 0) is 0 Å². The number of nitrogens with one attached hydrogen (secondary N) is 2. The number of nitrogens with zero attached hydrogens (tertiary/aromatic N) is 1. The normalized spacial score (nSPS) is 17.2. The molecule has 4 aromatic carbocycles. The van der Waals surface area contributed by atoms with Crippen molar-refractivity contribution in [2.75, 3.05) is 32.1 Å². The second-order valence-electron chi connectivity index (χ2n) is 10.0. The molecule has 3 N–H and O–H groups in total. The number of carbonyl (C=O) groups excluding carboxylic acids is 1. The molecule has 1 aliphatic rings. The van der Waals surface area contributed by atoms with Crippen molar-refractivity contribution in [3.8, 4) is 5.75 Å². The molecule has 2 amide bonds. The van der Waals surface area contributed by atoms with E-state index in [-0.39, 0.29) is 41.9 Å². The van der Waals surface area contributed by atoms with Crippen LogP contribution in [0.25, 0.3) is 10.8 Å². The number of amides is 2. The Morgan fingerprint density at radius 1 is 0.975 bits per heavy atom. The van der Waals surface area contributed by atoms with E-state index in [0.717, 1.165) is 6.54 Å². The van der Waals surface area contributed by atoms with Gasteiger partial charge in [-0.15, -0.1) is 12.4 Å². The van der Waals surface area contributed by atoms with Gasteiger partial charge in [-0.25, -0.2) is 9.59 Å². The van der Waals surface area contributed by atoms with Crippen molar-refractivity contribution in [1.82, 2.24) is 10.2 Å². The fourth-order valence-corrected chi connectivity index (χ4v) is 5.51. The van der Waals surface area contributed by atoms with Crippen LogP contribution in [-0.4, -0.2) is 48.8 Å². The molecular weight excluding hydrogens is 526 g/mol. The maximum atomic E-state index is 13.4. The van der Waals surface area contributed by atoms with E-state index in [4.69, 9.17) is 4.74 Å². The SMILES string of the molecule is COc1cc(C(=O)O)ccc1NC(=O)N1C[C@H](CN[C@H](C)c2cccc3ccccc23)[C@@H](c2ccccc2)C1.Cl. The third-order valence-electron chi connectivity index (χ3n) is 7.62. The predicted molar refractivity (Wildman–Crippen MR) is 161 cm³/mol. The van der Waals surface area contributed by atoms with E-state index in [1.165, 1.54) is 41.1 Å². The Bertz CT molecular complexity index is 1470. The van der Waals surface area contributed by atoms with Crippen molar-refractivity contribution >= 4 is 40.9 Å². The van der Waals surface area contributed by atoms with E-state index in [0.29, 0.717) is 24.5 Å². The van der Waals surface area contributed by atoms with Crippen molar-refractivity contribution in [3.05, 3.63) is 108 Å². The molecule has 1 saturated heterocycles. The first kappa shape index (κ1) is 28.9. The molecular formula is C32H34ClN3O4. The second kappa shape index (κ2) is 12.9. The number of anilines is 1. The summed E-state index contributed by atoms with van der Waals surface area (Å²) in [7, 11) is 1.46. The summed E-state index contributed by atoms with van der Waals surface area (Å²) in [6, 6.07) is 29.5. The number of halogens is 1. The highest BCUT2D eigenvalue weighted by Gasteiger charge is 2.36. The number of hydrogen-bond acceptors (Lipinski definition) is 4. The lowest BCUT2D eigenvalue weighted by molar-refractivity contribution is 0.0696. The Balaban J connectivity index is 0.00000370. The maximum Gasteiger partial charge on any atom is 0.335 e. The minimum Gasteiger partial charge on any atom is -0.495 e. The van der Waals surface area contributed by atoms with Crippen molar-refractivity contribution < 1.29 is 19.4 Å². The van der Waals surface area contributed by atoms with Crippen LogP contribution in [0, 0.1) is 5.92 Å². The van der Waals surface area contributed by atoms with E-state index >= 15 is 0 Å². The average Bonchev–Trinajstić information content (AvgIpc) is 3.40. The number of rotatable bonds is 8. The summed E-state index contributed by atoms with van der Waals surface area (Å²) in [4.78, 5) is 26.5. The van der Waals surface area contributed by atoms with Crippen LogP contribution >= 0.6 is 12.4 Å². The molecule has 1 heterocycles. The third kappa shape index (κ3) is 6.22. The molecule has 1 aliphatic heterocycles. The van der Waals surface area contributed by atoms with Gasteiger partial charge >= 0.3 is 12.0 Å². The van der Waals surface area contributed by atoms with E-state index in [1.54, 1.807) is 6.07 Å². The van der Waals surface area contributed by atoms with Crippen molar-refractivity contribution in [3.63, 3.8) is 0 Å². The molecule has 7 nitrogen and oxygen atoms in total. The molecule has 0 aromatic heterocycles. The lowest BCUT2D eigenvalue weighted by Gasteiger charge is -2.23. The smallest absolute Gasteiger partial charge is 0.335 e. The van der Waals surface area contributed by atoms with Crippen LogP contribution in [0.3, 0.4) is 0 Å². The van der Waals surface area contributed by atoms with Crippen LogP contribution in [0.5, 0.6) is 5.75 Å². The lowest BCUT2D eigenvalue weighted by Crippen LogP contribution is -2.34. The standard InChI is InChI=1S/C32H33N3O4.ClH/c1-21(26-14-8-12-22-11-6-7-13-27(22)26)33-18-25-19-35(20-28(25)23-9-4-3-5-10-23)32(38)34-29-16-15-24(31(36)37)17-30(29)39-2;/h3-17,21,25,28,33H,18-20H2,1-2H3,(H,34,38)(H,36,37);1H/t21-,25+,28-;/m1./s1. The first-order valence-electron chi connectivity index (χ1n) is 13.2. The number of hydrogen-bond donors (Lipinski definition) is 3. The molecule has 0 aliphatic carbocycles. The zero-order chi connectivity index (χ0) is 27.4. The molecule has 0 unspecified atom stereocenters. The molecule has 208 valence electrons. The van der Waals surface area contributed by atoms with Gasteiger partial charge in [0.15, 0.2) is 0 Å². The number of aromatic carboxylic acids is 1. The first-order chi connectivity index (χ1) is 18.9. The summed E-state index contributed by atoms with van der Waals surface area (Å²) >= 11 is 0. The Kier molecular flexibility index (Phi) is 9.30. The minimum absolute atomic E-state index is 0. The van der Waals surface area contributed by atoms with Crippen LogP contribution in [0.1, 0.15) is 40.4 Å². The van der Waals surface area contributed by atoms with Gasteiger partial charge in [0, 0.05) is 31.6 Å². The summed E-state index contributed by atoms with van der Waals surface area (Å²) in [5, 5.41) is 18.4. The molecule has 1 fully saturated rings. The van der Waals surface area contributed by atoms with E-state index in [1.807, 2.05) is 23.1 Å². The Morgan fingerprint density at radius 3 is 2.45 bits per heavy atom. The minimum atomic E-state index is -1.05. The van der Waals surface area contributed by atoms with Crippen molar-refractivity contribution in [2.45, 2.75) is 18.9 Å². The number of benzene rings is 4. The number of carboxylic acid groups (broad SMARTS) is 1. The predicted octanol–water partition coefficient (Wildman–Crippen LogP) is 6.57. The summed E-state index contributed by atoms with van der Waals surface area (Å²) in [5.74, 6) is -0.346. The fourth-order valence-electron chi connectivity index (χ4n) is 5.51. The fraction of sp³-hybridized carbons (Fsp3) is 0.250. The first-order valence-corrected chi connectivity index (χ1v) is 13.2. The van der Waals surface area contributed by atoms with Crippen LogP contribution in [0.4, 0.5) is 10.5 Å². The number of carboxylic acids is 1. The van der Waals surface area contributed by atoms with Gasteiger partial charge < -0.3 is 25.4 Å². The van der Waals surface area contributed by atoms with Gasteiger partial charge in [-0.1, -0.05) is 72.8 Å². The van der Waals surface area contributed by atoms with Crippen LogP contribution < -0.4 is 15.4 Å². The molecule has 0 spiro atoms. The quantitative estimate of drug-likeness (QED) is 0.227. The Labute approximate surface area is 240 Å². The van der Waals surface area contributed by atoms with Gasteiger partial charge in [-0.2, -0.15) is 0 Å². The van der Waals surface area contributed by atoms with Gasteiger partial charge in [-0.3, -0.25) is 0 Å². The van der Waals surface area contributed by atoms with E-state index < -0.39 is 5.97 Å². The van der Waals surface area contributed by atoms with Gasteiger partial charge in [0.05, 0.1) is 18.4 Å². The molecule has 40 heavy (non-hydrogen) atoms. The number of methoxy groups -OCH3 is 1. The van der Waals surface area contributed by atoms with Crippen LogP contribution in [0.2, 0.25) is 0 Å². The summed E-state index contributed by atoms with van der Waals surface area (Å²) in [6.07, 6.45) is 0. The zero-order valence-electron chi connectivity index (χ0n) is 22.5. The van der Waals surface area contributed by atoms with Gasteiger partial charge in [-0.05, 0) is 52.9 Å². The van der Waals surface area contributed by atoms with Crippen molar-refractivity contribution in [2.24, 2.45) is 5.92 Å². The molecule has 4 aromatic rings. The lowest BCUT2D eigenvalue weighted by atomic mass is 9.88. The van der Waals surface area contributed by atoms with Gasteiger partial charge in [0.2, 0.25) is 0 Å². The number of ether oxygens (including phenoxy) is 1. The average molecular weight is 560 g/mol. The molecule has 3 atom stereocenters. The molecule has 0 saturated carbocycles. The Morgan fingerprint density at radius 2 is 1.70 bits per heavy atom. The highest BCUT2D eigenvalue weighted by molar-refractivity contribution is 5.94. The number of fused-ring (bicyclic) bond motifs is 1. The highest BCUT2D eigenvalue weighted by atomic mass is 35.5. The Hall–Kier alpha value is -4.07. The number of likely N-dealkylation sites (tertiary alicyclic amines) is 1. The molecule has 8 heteroatoms. The molecule has 0 bridgehead atoms. The summed E-state index contributed by atoms with van der Waals surface area (Å²) in [5.41, 5.74) is 3.01. The third-order valence-corrected chi connectivity index (χ3v) is 7.62.